The number of para-hydroxylation sites is 1. The van der Waals surface area contributed by atoms with Crippen LogP contribution in [0.2, 0.25) is 0 Å². The molecule has 1 aromatic carbocycles. The molecule has 1 aromatic rings. The maximum Gasteiger partial charge on any atom is 0.372 e. The molecule has 0 saturated carbocycles. The number of hydrogen-bond acceptors (Lipinski definition) is 3. The highest BCUT2D eigenvalue weighted by atomic mass is 16.5. The maximum absolute atomic E-state index is 11.2. The van der Waals surface area contributed by atoms with Crippen LogP contribution in [0.1, 0.15) is 38.2 Å². The predicted molar refractivity (Wildman–Crippen MR) is 72.4 cm³/mol. The van der Waals surface area contributed by atoms with Crippen LogP contribution in [0.3, 0.4) is 0 Å². The monoisotopic (exact) mass is 264 g/mol. The molecule has 104 valence electrons. The number of ether oxygens (including phenoxy) is 1. The average molecular weight is 264 g/mol. The molecule has 0 aliphatic rings. The van der Waals surface area contributed by atoms with Crippen molar-refractivity contribution in [2.45, 2.75) is 39.0 Å². The Morgan fingerprint density at radius 3 is 2.58 bits per heavy atom. The molecule has 0 aliphatic heterocycles. The largest absolute Gasteiger partial charge is 0.493 e. The Morgan fingerprint density at radius 2 is 1.89 bits per heavy atom. The molecule has 1 rings (SSSR count). The molecule has 1 N–H and O–H groups in total. The molecule has 0 fully saturated rings. The number of aliphatic carboxylic acids is 1. The Morgan fingerprint density at radius 1 is 1.16 bits per heavy atom. The number of benzene rings is 1. The van der Waals surface area contributed by atoms with Crippen LogP contribution in [-0.4, -0.2) is 23.5 Å². The van der Waals surface area contributed by atoms with Crippen molar-refractivity contribution in [3.05, 3.63) is 29.8 Å². The van der Waals surface area contributed by atoms with Gasteiger partial charge in [0.2, 0.25) is 5.78 Å². The van der Waals surface area contributed by atoms with Gasteiger partial charge in [0.15, 0.2) is 0 Å². The number of unbranched alkanes of at least 4 members (excludes halogenated alkanes) is 3. The van der Waals surface area contributed by atoms with Crippen molar-refractivity contribution in [1.29, 1.82) is 0 Å². The van der Waals surface area contributed by atoms with Crippen molar-refractivity contribution in [1.82, 2.24) is 0 Å². The summed E-state index contributed by atoms with van der Waals surface area (Å²) in [5.74, 6) is -1.62. The van der Waals surface area contributed by atoms with Gasteiger partial charge in [-0.05, 0) is 12.5 Å². The van der Waals surface area contributed by atoms with Gasteiger partial charge in [-0.2, -0.15) is 0 Å². The van der Waals surface area contributed by atoms with Gasteiger partial charge in [-0.1, -0.05) is 44.4 Å². The molecule has 0 bridgehead atoms. The van der Waals surface area contributed by atoms with Crippen LogP contribution in [0.15, 0.2) is 24.3 Å². The molecule has 0 aliphatic carbocycles. The van der Waals surface area contributed by atoms with E-state index in [0.29, 0.717) is 17.9 Å². The van der Waals surface area contributed by atoms with Gasteiger partial charge in [0, 0.05) is 12.0 Å². The van der Waals surface area contributed by atoms with Crippen LogP contribution >= 0.6 is 0 Å². The van der Waals surface area contributed by atoms with Gasteiger partial charge in [-0.15, -0.1) is 0 Å². The molecule has 4 heteroatoms. The van der Waals surface area contributed by atoms with E-state index < -0.39 is 11.8 Å². The third-order valence-electron chi connectivity index (χ3n) is 2.82. The van der Waals surface area contributed by atoms with Gasteiger partial charge >= 0.3 is 5.97 Å². The minimum atomic E-state index is -1.40. The summed E-state index contributed by atoms with van der Waals surface area (Å²) in [6.45, 7) is 2.74. The van der Waals surface area contributed by atoms with Crippen molar-refractivity contribution < 1.29 is 19.4 Å². The van der Waals surface area contributed by atoms with E-state index in [1.807, 2.05) is 6.07 Å². The van der Waals surface area contributed by atoms with Crippen molar-refractivity contribution in [3.8, 4) is 5.75 Å². The second-order valence-electron chi connectivity index (χ2n) is 4.42. The number of carbonyl (C=O) groups is 2. The fourth-order valence-corrected chi connectivity index (χ4v) is 1.75. The number of carbonyl (C=O) groups excluding carboxylic acids is 1. The third-order valence-corrected chi connectivity index (χ3v) is 2.82. The Labute approximate surface area is 113 Å². The Hall–Kier alpha value is -1.84. The number of carboxylic acids is 1. The van der Waals surface area contributed by atoms with Gasteiger partial charge in [-0.25, -0.2) is 4.79 Å². The fraction of sp³-hybridized carbons (Fsp3) is 0.467. The second-order valence-corrected chi connectivity index (χ2v) is 4.42. The summed E-state index contributed by atoms with van der Waals surface area (Å²) in [5, 5.41) is 8.62. The lowest BCUT2D eigenvalue weighted by Crippen LogP contribution is -2.15. The average Bonchev–Trinajstić information content (AvgIpc) is 2.40. The summed E-state index contributed by atoms with van der Waals surface area (Å²) in [4.78, 5) is 21.8. The highest BCUT2D eigenvalue weighted by Crippen LogP contribution is 2.19. The Balaban J connectivity index is 2.53. The quantitative estimate of drug-likeness (QED) is 0.550. The van der Waals surface area contributed by atoms with E-state index in [-0.39, 0.29) is 6.42 Å². The summed E-state index contributed by atoms with van der Waals surface area (Å²) < 4.78 is 5.62. The predicted octanol–water partition coefficient (Wildman–Crippen LogP) is 2.84. The van der Waals surface area contributed by atoms with Gasteiger partial charge < -0.3 is 9.84 Å². The van der Waals surface area contributed by atoms with Crippen molar-refractivity contribution in [2.75, 3.05) is 6.61 Å². The number of carboxylic acid groups (broad SMARTS) is 1. The van der Waals surface area contributed by atoms with Crippen molar-refractivity contribution in [3.63, 3.8) is 0 Å². The zero-order valence-electron chi connectivity index (χ0n) is 11.2. The van der Waals surface area contributed by atoms with E-state index in [0.717, 1.165) is 12.8 Å². The zero-order chi connectivity index (χ0) is 14.1. The van der Waals surface area contributed by atoms with Gasteiger partial charge in [0.1, 0.15) is 5.75 Å². The maximum atomic E-state index is 11.2. The number of Topliss-reactive ketones (excluding diaryl/α,β-unsaturated/α-hetero) is 1. The van der Waals surface area contributed by atoms with E-state index in [9.17, 15) is 9.59 Å². The van der Waals surface area contributed by atoms with E-state index in [4.69, 9.17) is 9.84 Å². The van der Waals surface area contributed by atoms with Gasteiger partial charge in [-0.3, -0.25) is 4.79 Å². The van der Waals surface area contributed by atoms with Crippen LogP contribution in [0.4, 0.5) is 0 Å². The standard InChI is InChI=1S/C15H20O4/c1-2-3-4-7-10-19-14-9-6-5-8-12(14)11-13(16)15(17)18/h5-6,8-9H,2-4,7,10-11H2,1H3,(H,17,18). The van der Waals surface area contributed by atoms with Crippen LogP contribution in [0, 0.1) is 0 Å². The van der Waals surface area contributed by atoms with Crippen LogP contribution in [0.25, 0.3) is 0 Å². The fourth-order valence-electron chi connectivity index (χ4n) is 1.75. The topological polar surface area (TPSA) is 63.6 Å². The molecule has 4 nitrogen and oxygen atoms in total. The lowest BCUT2D eigenvalue weighted by molar-refractivity contribution is -0.148. The van der Waals surface area contributed by atoms with E-state index in [1.54, 1.807) is 18.2 Å². The smallest absolute Gasteiger partial charge is 0.372 e. The molecule has 19 heavy (non-hydrogen) atoms. The van der Waals surface area contributed by atoms with Crippen molar-refractivity contribution in [2.24, 2.45) is 0 Å². The first-order valence-corrected chi connectivity index (χ1v) is 6.62. The number of hydrogen-bond donors (Lipinski definition) is 1. The highest BCUT2D eigenvalue weighted by molar-refractivity contribution is 6.33. The van der Waals surface area contributed by atoms with Crippen LogP contribution in [0.5, 0.6) is 5.75 Å². The summed E-state index contributed by atoms with van der Waals surface area (Å²) in [6.07, 6.45) is 4.31. The SMILES string of the molecule is CCCCCCOc1ccccc1CC(=O)C(=O)O. The molecule has 0 unspecified atom stereocenters. The molecule has 0 radical (unpaired) electrons. The molecular weight excluding hydrogens is 244 g/mol. The first-order valence-electron chi connectivity index (χ1n) is 6.62. The molecule has 0 spiro atoms. The van der Waals surface area contributed by atoms with E-state index >= 15 is 0 Å². The molecule has 0 amide bonds. The Kier molecular flexibility index (Phi) is 6.64. The van der Waals surface area contributed by atoms with Crippen LogP contribution in [-0.2, 0) is 16.0 Å². The summed E-state index contributed by atoms with van der Waals surface area (Å²) >= 11 is 0. The first kappa shape index (κ1) is 15.2. The van der Waals surface area contributed by atoms with E-state index in [2.05, 4.69) is 6.92 Å². The minimum absolute atomic E-state index is 0.125. The van der Waals surface area contributed by atoms with Gasteiger partial charge in [0.25, 0.3) is 0 Å². The molecule has 0 saturated heterocycles. The van der Waals surface area contributed by atoms with E-state index in [1.165, 1.54) is 12.8 Å². The normalized spacial score (nSPS) is 10.2. The van der Waals surface area contributed by atoms with Crippen molar-refractivity contribution >= 4 is 11.8 Å². The minimum Gasteiger partial charge on any atom is -0.493 e. The molecule has 0 aromatic heterocycles. The molecule has 0 atom stereocenters. The number of rotatable bonds is 9. The molecular formula is C15H20O4. The highest BCUT2D eigenvalue weighted by Gasteiger charge is 2.14. The summed E-state index contributed by atoms with van der Waals surface area (Å²) in [5.41, 5.74) is 0.630. The first-order chi connectivity index (χ1) is 9.15. The summed E-state index contributed by atoms with van der Waals surface area (Å²) in [6, 6.07) is 7.08. The lowest BCUT2D eigenvalue weighted by atomic mass is 10.1. The summed E-state index contributed by atoms with van der Waals surface area (Å²) in [7, 11) is 0. The zero-order valence-corrected chi connectivity index (χ0v) is 11.2. The number of ketones is 1. The van der Waals surface area contributed by atoms with Crippen LogP contribution < -0.4 is 4.74 Å². The third kappa shape index (κ3) is 5.55. The lowest BCUT2D eigenvalue weighted by Gasteiger charge is -2.10. The second kappa shape index (κ2) is 8.29. The molecule has 0 heterocycles. The van der Waals surface area contributed by atoms with Gasteiger partial charge in [0.05, 0.1) is 6.61 Å². The Bertz CT molecular complexity index is 426.